The maximum atomic E-state index is 5.79. The van der Waals surface area contributed by atoms with Crippen LogP contribution in [0.3, 0.4) is 0 Å². The predicted molar refractivity (Wildman–Crippen MR) is 84.8 cm³/mol. The van der Waals surface area contributed by atoms with E-state index in [0.29, 0.717) is 12.0 Å². The smallest absolute Gasteiger partial charge is 0.122 e. The Morgan fingerprint density at radius 1 is 1.40 bits per heavy atom. The summed E-state index contributed by atoms with van der Waals surface area (Å²) in [6, 6.07) is 7.36. The van der Waals surface area contributed by atoms with Crippen molar-refractivity contribution in [3.63, 3.8) is 0 Å². The average molecular weight is 297 g/mol. The van der Waals surface area contributed by atoms with Crippen molar-refractivity contribution in [2.24, 2.45) is 11.7 Å². The molecule has 1 aromatic carbocycles. The summed E-state index contributed by atoms with van der Waals surface area (Å²) in [5.74, 6) is 1.78. The molecule has 20 heavy (non-hydrogen) atoms. The van der Waals surface area contributed by atoms with Gasteiger partial charge in [-0.3, -0.25) is 4.90 Å². The van der Waals surface area contributed by atoms with Crippen LogP contribution in [0.2, 0.25) is 0 Å². The third-order valence-electron chi connectivity index (χ3n) is 4.57. The quantitative estimate of drug-likeness (QED) is 0.926. The molecule has 2 N–H and O–H groups in total. The van der Waals surface area contributed by atoms with Crippen LogP contribution in [0, 0.1) is 5.92 Å². The highest BCUT2D eigenvalue weighted by atomic mass is 35.5. The lowest BCUT2D eigenvalue weighted by atomic mass is 10.1. The van der Waals surface area contributed by atoms with E-state index in [9.17, 15) is 0 Å². The molecule has 1 fully saturated rings. The zero-order valence-corrected chi connectivity index (χ0v) is 13.0. The lowest BCUT2D eigenvalue weighted by Gasteiger charge is -2.21. The number of hydrogen-bond acceptors (Lipinski definition) is 3. The molecule has 0 aromatic heterocycles. The maximum absolute atomic E-state index is 5.79. The summed E-state index contributed by atoms with van der Waals surface area (Å²) in [6.45, 7) is 6.33. The summed E-state index contributed by atoms with van der Waals surface area (Å²) < 4.78 is 5.55. The number of fused-ring (bicyclic) bond motifs is 1. The molecule has 0 bridgehead atoms. The lowest BCUT2D eigenvalue weighted by molar-refractivity contribution is 0.268. The van der Waals surface area contributed by atoms with Gasteiger partial charge in [0.1, 0.15) is 5.75 Å². The minimum atomic E-state index is 0. The van der Waals surface area contributed by atoms with Crippen molar-refractivity contribution >= 4 is 12.4 Å². The fourth-order valence-electron chi connectivity index (χ4n) is 3.37. The van der Waals surface area contributed by atoms with Crippen molar-refractivity contribution < 1.29 is 4.74 Å². The Morgan fingerprint density at radius 3 is 3.00 bits per heavy atom. The van der Waals surface area contributed by atoms with E-state index in [1.54, 1.807) is 0 Å². The van der Waals surface area contributed by atoms with E-state index in [-0.39, 0.29) is 12.4 Å². The Bertz CT molecular complexity index is 452. The first-order chi connectivity index (χ1) is 9.26. The van der Waals surface area contributed by atoms with Crippen molar-refractivity contribution in [1.29, 1.82) is 0 Å². The van der Waals surface area contributed by atoms with Crippen LogP contribution in [0.4, 0.5) is 0 Å². The summed E-state index contributed by atoms with van der Waals surface area (Å²) in [6.07, 6.45) is 3.46. The van der Waals surface area contributed by atoms with Gasteiger partial charge in [-0.15, -0.1) is 12.4 Å². The van der Waals surface area contributed by atoms with Crippen LogP contribution >= 0.6 is 12.4 Å². The third-order valence-corrected chi connectivity index (χ3v) is 4.57. The molecule has 4 heteroatoms. The van der Waals surface area contributed by atoms with Gasteiger partial charge in [0.15, 0.2) is 0 Å². The summed E-state index contributed by atoms with van der Waals surface area (Å²) in [5.41, 5.74) is 8.61. The van der Waals surface area contributed by atoms with Crippen molar-refractivity contribution in [2.45, 2.75) is 32.2 Å². The Labute approximate surface area is 127 Å². The topological polar surface area (TPSA) is 38.5 Å². The highest BCUT2D eigenvalue weighted by Crippen LogP contribution is 2.27. The first kappa shape index (κ1) is 15.6. The number of likely N-dealkylation sites (tertiary alicyclic amines) is 1. The molecule has 0 spiro atoms. The fraction of sp³-hybridized carbons (Fsp3) is 0.625. The van der Waals surface area contributed by atoms with Gasteiger partial charge in [0.2, 0.25) is 0 Å². The molecule has 112 valence electrons. The number of rotatable bonds is 4. The standard InChI is InChI=1S/C16H24N2O.ClH/c1-12-8-14(10-17)11-18(12)6-4-13-2-3-16-15(9-13)5-7-19-16;/h2-3,9,12,14H,4-8,10-11,17H2,1H3;1H. The second kappa shape index (κ2) is 6.79. The predicted octanol–water partition coefficient (Wildman–Crippen LogP) is 2.25. The minimum absolute atomic E-state index is 0. The van der Waals surface area contributed by atoms with Gasteiger partial charge in [-0.05, 0) is 49.4 Å². The molecular formula is C16H25ClN2O. The van der Waals surface area contributed by atoms with E-state index in [1.165, 1.54) is 24.1 Å². The lowest BCUT2D eigenvalue weighted by Crippen LogP contribution is -2.30. The molecule has 2 heterocycles. The summed E-state index contributed by atoms with van der Waals surface area (Å²) in [4.78, 5) is 2.58. The number of halogens is 1. The van der Waals surface area contributed by atoms with Crippen LogP contribution in [0.15, 0.2) is 18.2 Å². The second-order valence-corrected chi connectivity index (χ2v) is 5.97. The van der Waals surface area contributed by atoms with Crippen LogP contribution < -0.4 is 10.5 Å². The van der Waals surface area contributed by atoms with E-state index in [4.69, 9.17) is 10.5 Å². The Hall–Kier alpha value is -0.770. The highest BCUT2D eigenvalue weighted by molar-refractivity contribution is 5.85. The average Bonchev–Trinajstić information content (AvgIpc) is 3.02. The molecule has 0 saturated carbocycles. The molecule has 3 rings (SSSR count). The van der Waals surface area contributed by atoms with Gasteiger partial charge in [-0.2, -0.15) is 0 Å². The molecule has 0 amide bonds. The van der Waals surface area contributed by atoms with E-state index < -0.39 is 0 Å². The minimum Gasteiger partial charge on any atom is -0.493 e. The molecule has 3 nitrogen and oxygen atoms in total. The number of nitrogens with zero attached hydrogens (tertiary/aromatic N) is 1. The third kappa shape index (κ3) is 3.27. The van der Waals surface area contributed by atoms with Crippen molar-refractivity contribution in [1.82, 2.24) is 4.90 Å². The molecule has 0 aliphatic carbocycles. The molecule has 2 unspecified atom stereocenters. The number of ether oxygens (including phenoxy) is 1. The molecule has 2 atom stereocenters. The normalized spacial score (nSPS) is 25.1. The van der Waals surface area contributed by atoms with Gasteiger partial charge in [0.25, 0.3) is 0 Å². The van der Waals surface area contributed by atoms with Crippen molar-refractivity contribution in [3.8, 4) is 5.75 Å². The van der Waals surface area contributed by atoms with E-state index >= 15 is 0 Å². The van der Waals surface area contributed by atoms with Crippen LogP contribution in [-0.2, 0) is 12.8 Å². The number of benzene rings is 1. The monoisotopic (exact) mass is 296 g/mol. The molecule has 1 aromatic rings. The Balaban J connectivity index is 0.00000147. The van der Waals surface area contributed by atoms with Crippen molar-refractivity contribution in [3.05, 3.63) is 29.3 Å². The molecule has 0 radical (unpaired) electrons. The second-order valence-electron chi connectivity index (χ2n) is 5.97. The Morgan fingerprint density at radius 2 is 2.25 bits per heavy atom. The van der Waals surface area contributed by atoms with Gasteiger partial charge in [-0.1, -0.05) is 12.1 Å². The van der Waals surface area contributed by atoms with Gasteiger partial charge < -0.3 is 10.5 Å². The fourth-order valence-corrected chi connectivity index (χ4v) is 3.37. The number of hydrogen-bond donors (Lipinski definition) is 1. The van der Waals surface area contributed by atoms with Crippen LogP contribution in [-0.4, -0.2) is 37.2 Å². The van der Waals surface area contributed by atoms with E-state index in [1.807, 2.05) is 0 Å². The van der Waals surface area contributed by atoms with Gasteiger partial charge in [0.05, 0.1) is 6.61 Å². The maximum Gasteiger partial charge on any atom is 0.122 e. The van der Waals surface area contributed by atoms with Crippen LogP contribution in [0.5, 0.6) is 5.75 Å². The largest absolute Gasteiger partial charge is 0.493 e. The van der Waals surface area contributed by atoms with Crippen LogP contribution in [0.25, 0.3) is 0 Å². The summed E-state index contributed by atoms with van der Waals surface area (Å²) in [5, 5.41) is 0. The molecular weight excluding hydrogens is 272 g/mol. The zero-order valence-electron chi connectivity index (χ0n) is 12.2. The summed E-state index contributed by atoms with van der Waals surface area (Å²) in [7, 11) is 0. The SMILES string of the molecule is CC1CC(CN)CN1CCc1ccc2c(c1)CCO2.Cl. The summed E-state index contributed by atoms with van der Waals surface area (Å²) >= 11 is 0. The van der Waals surface area contributed by atoms with E-state index in [0.717, 1.165) is 38.3 Å². The van der Waals surface area contributed by atoms with Crippen LogP contribution in [0.1, 0.15) is 24.5 Å². The van der Waals surface area contributed by atoms with Gasteiger partial charge >= 0.3 is 0 Å². The first-order valence-corrected chi connectivity index (χ1v) is 7.45. The zero-order chi connectivity index (χ0) is 13.2. The molecule has 2 aliphatic rings. The first-order valence-electron chi connectivity index (χ1n) is 7.45. The van der Waals surface area contributed by atoms with Gasteiger partial charge in [0, 0.05) is 25.6 Å². The van der Waals surface area contributed by atoms with Crippen molar-refractivity contribution in [2.75, 3.05) is 26.2 Å². The Kier molecular flexibility index (Phi) is 5.30. The van der Waals surface area contributed by atoms with Gasteiger partial charge in [-0.25, -0.2) is 0 Å². The van der Waals surface area contributed by atoms with E-state index in [2.05, 4.69) is 30.0 Å². The molecule has 1 saturated heterocycles. The highest BCUT2D eigenvalue weighted by Gasteiger charge is 2.27. The molecule has 2 aliphatic heterocycles. The number of nitrogens with two attached hydrogens (primary N) is 1.